The predicted molar refractivity (Wildman–Crippen MR) is 36.6 cm³/mol. The van der Waals surface area contributed by atoms with E-state index in [2.05, 4.69) is 19.4 Å². The Kier molecular flexibility index (Phi) is 1.07. The summed E-state index contributed by atoms with van der Waals surface area (Å²) >= 11 is 0. The molecule has 2 aliphatic heterocycles. The topological polar surface area (TPSA) is 15.3 Å². The lowest BCUT2D eigenvalue weighted by Crippen LogP contribution is -2.38. The highest BCUT2D eigenvalue weighted by atomic mass is 31.0. The van der Waals surface area contributed by atoms with Crippen LogP contribution in [0.3, 0.4) is 0 Å². The lowest BCUT2D eigenvalue weighted by molar-refractivity contribution is 0.384. The highest BCUT2D eigenvalue weighted by Gasteiger charge is 2.34. The second kappa shape index (κ2) is 1.66. The van der Waals surface area contributed by atoms with Crippen molar-refractivity contribution in [1.29, 1.82) is 0 Å². The minimum Gasteiger partial charge on any atom is -0.311 e. The van der Waals surface area contributed by atoms with Gasteiger partial charge in [-0.1, -0.05) is 9.39 Å². The van der Waals surface area contributed by atoms with Crippen molar-refractivity contribution in [2.75, 3.05) is 13.1 Å². The lowest BCUT2D eigenvalue weighted by Gasteiger charge is -2.21. The maximum absolute atomic E-state index is 3.43. The van der Waals surface area contributed by atoms with E-state index in [-0.39, 0.29) is 0 Å². The highest BCUT2D eigenvalue weighted by Crippen LogP contribution is 2.25. The van der Waals surface area contributed by atoms with Crippen LogP contribution in [0.4, 0.5) is 0 Å². The van der Waals surface area contributed by atoms with Gasteiger partial charge in [-0.15, -0.1) is 0 Å². The minimum atomic E-state index is 0.803. The summed E-state index contributed by atoms with van der Waals surface area (Å²) in [6, 6.07) is 1.63. The van der Waals surface area contributed by atoms with E-state index < -0.39 is 0 Å². The Hall–Kier alpha value is 0.350. The van der Waals surface area contributed by atoms with E-state index in [0.29, 0.717) is 0 Å². The summed E-state index contributed by atoms with van der Waals surface area (Å²) in [6.45, 7) is 2.43. The molecule has 2 rings (SSSR count). The fraction of sp³-hybridized carbons (Fsp3) is 1.00. The molecule has 0 aromatic heterocycles. The Bertz CT molecular complexity index is 105. The summed E-state index contributed by atoms with van der Waals surface area (Å²) in [5.74, 6) is 0. The molecule has 3 heteroatoms. The maximum Gasteiger partial charge on any atom is 0.0270 e. The summed E-state index contributed by atoms with van der Waals surface area (Å²) in [7, 11) is 2.78. The monoisotopic (exact) mass is 130 g/mol. The van der Waals surface area contributed by atoms with Crippen molar-refractivity contribution in [3.63, 3.8) is 0 Å². The van der Waals surface area contributed by atoms with Gasteiger partial charge in [0, 0.05) is 25.2 Å². The molecule has 3 atom stereocenters. The van der Waals surface area contributed by atoms with Crippen LogP contribution in [-0.4, -0.2) is 29.8 Å². The molecule has 0 radical (unpaired) electrons. The quantitative estimate of drug-likeness (QED) is 0.458. The fourth-order valence-electron chi connectivity index (χ4n) is 1.59. The van der Waals surface area contributed by atoms with Crippen molar-refractivity contribution >= 4 is 9.39 Å². The molecule has 2 heterocycles. The normalized spacial score (nSPS) is 46.1. The highest BCUT2D eigenvalue weighted by molar-refractivity contribution is 7.13. The zero-order valence-corrected chi connectivity index (χ0v) is 5.96. The first-order valence-corrected chi connectivity index (χ1v) is 3.62. The summed E-state index contributed by atoms with van der Waals surface area (Å²) in [5, 5.41) is 3.43. The van der Waals surface area contributed by atoms with Gasteiger partial charge in [-0.05, 0) is 6.42 Å². The van der Waals surface area contributed by atoms with Crippen LogP contribution < -0.4 is 5.32 Å². The molecule has 0 saturated carbocycles. The SMILES string of the molecule is PN1CC2CC1CN2. The predicted octanol–water partition coefficient (Wildman–Crippen LogP) is -0.177. The van der Waals surface area contributed by atoms with Crippen LogP contribution in [0.25, 0.3) is 0 Å². The minimum absolute atomic E-state index is 0.803. The summed E-state index contributed by atoms with van der Waals surface area (Å²) in [4.78, 5) is 0. The first-order chi connectivity index (χ1) is 3.86. The lowest BCUT2D eigenvalue weighted by atomic mass is 10.2. The molecule has 0 aliphatic carbocycles. The Morgan fingerprint density at radius 1 is 1.62 bits per heavy atom. The Morgan fingerprint density at radius 2 is 2.50 bits per heavy atom. The molecule has 2 aliphatic rings. The molecule has 0 aromatic rings. The van der Waals surface area contributed by atoms with Crippen molar-refractivity contribution in [3.05, 3.63) is 0 Å². The Morgan fingerprint density at radius 3 is 2.75 bits per heavy atom. The van der Waals surface area contributed by atoms with Crippen LogP contribution in [0, 0.1) is 0 Å². The zero-order chi connectivity index (χ0) is 5.56. The number of nitrogens with one attached hydrogen (secondary N) is 1. The van der Waals surface area contributed by atoms with Gasteiger partial charge >= 0.3 is 0 Å². The molecule has 2 bridgehead atoms. The number of nitrogens with zero attached hydrogens (tertiary/aromatic N) is 1. The van der Waals surface area contributed by atoms with E-state index >= 15 is 0 Å². The van der Waals surface area contributed by atoms with Crippen molar-refractivity contribution in [3.8, 4) is 0 Å². The van der Waals surface area contributed by atoms with E-state index in [9.17, 15) is 0 Å². The van der Waals surface area contributed by atoms with Gasteiger partial charge in [0.1, 0.15) is 0 Å². The molecular weight excluding hydrogens is 119 g/mol. The zero-order valence-electron chi connectivity index (χ0n) is 4.80. The van der Waals surface area contributed by atoms with Crippen LogP contribution in [0.2, 0.25) is 0 Å². The van der Waals surface area contributed by atoms with Crippen molar-refractivity contribution < 1.29 is 0 Å². The molecular formula is C5H11N2P. The van der Waals surface area contributed by atoms with Crippen LogP contribution in [0.1, 0.15) is 6.42 Å². The molecule has 2 saturated heterocycles. The first-order valence-electron chi connectivity index (χ1n) is 3.11. The third kappa shape index (κ3) is 0.604. The van der Waals surface area contributed by atoms with Gasteiger partial charge in [-0.25, -0.2) is 0 Å². The molecule has 1 N–H and O–H groups in total. The van der Waals surface area contributed by atoms with Crippen molar-refractivity contribution in [2.24, 2.45) is 0 Å². The van der Waals surface area contributed by atoms with Gasteiger partial charge in [-0.2, -0.15) is 0 Å². The van der Waals surface area contributed by atoms with E-state index in [4.69, 9.17) is 0 Å². The van der Waals surface area contributed by atoms with Gasteiger partial charge in [0.2, 0.25) is 0 Å². The van der Waals surface area contributed by atoms with Crippen LogP contribution >= 0.6 is 9.39 Å². The summed E-state index contributed by atoms with van der Waals surface area (Å²) < 4.78 is 2.36. The molecule has 2 fully saturated rings. The fourth-order valence-corrected chi connectivity index (χ4v) is 2.07. The number of fused-ring (bicyclic) bond motifs is 2. The maximum atomic E-state index is 3.43. The van der Waals surface area contributed by atoms with E-state index in [1.54, 1.807) is 0 Å². The second-order valence-electron chi connectivity index (χ2n) is 2.69. The molecule has 3 unspecified atom stereocenters. The van der Waals surface area contributed by atoms with Gasteiger partial charge < -0.3 is 5.32 Å². The molecule has 0 amide bonds. The van der Waals surface area contributed by atoms with Crippen LogP contribution in [0.5, 0.6) is 0 Å². The van der Waals surface area contributed by atoms with Crippen LogP contribution in [-0.2, 0) is 0 Å². The second-order valence-corrected chi connectivity index (χ2v) is 3.35. The number of hydrogen-bond donors (Lipinski definition) is 1. The summed E-state index contributed by atoms with van der Waals surface area (Å²) in [5.41, 5.74) is 0. The van der Waals surface area contributed by atoms with Crippen molar-refractivity contribution in [1.82, 2.24) is 9.99 Å². The van der Waals surface area contributed by atoms with Crippen molar-refractivity contribution in [2.45, 2.75) is 18.5 Å². The molecule has 2 nitrogen and oxygen atoms in total. The van der Waals surface area contributed by atoms with Crippen LogP contribution in [0.15, 0.2) is 0 Å². The molecule has 46 valence electrons. The smallest absolute Gasteiger partial charge is 0.0270 e. The average Bonchev–Trinajstić information content (AvgIpc) is 2.23. The van der Waals surface area contributed by atoms with E-state index in [0.717, 1.165) is 12.1 Å². The third-order valence-corrected chi connectivity index (χ3v) is 2.73. The van der Waals surface area contributed by atoms with Gasteiger partial charge in [-0.3, -0.25) is 4.67 Å². The Labute approximate surface area is 51.9 Å². The van der Waals surface area contributed by atoms with Gasteiger partial charge in [0.15, 0.2) is 0 Å². The van der Waals surface area contributed by atoms with Gasteiger partial charge in [0.05, 0.1) is 0 Å². The van der Waals surface area contributed by atoms with E-state index in [1.165, 1.54) is 19.5 Å². The average molecular weight is 130 g/mol. The summed E-state index contributed by atoms with van der Waals surface area (Å²) in [6.07, 6.45) is 1.36. The largest absolute Gasteiger partial charge is 0.311 e. The number of rotatable bonds is 0. The first kappa shape index (κ1) is 5.16. The molecule has 8 heavy (non-hydrogen) atoms. The number of piperazine rings is 1. The standard InChI is InChI=1S/C5H11N2P/c8-7-3-4-1-5(7)2-6-4/h4-6H,1-3,8H2. The number of hydrogen-bond acceptors (Lipinski definition) is 2. The Balaban J connectivity index is 2.11. The van der Waals surface area contributed by atoms with E-state index in [1.807, 2.05) is 0 Å². The molecule has 0 aromatic carbocycles. The van der Waals surface area contributed by atoms with Gasteiger partial charge in [0.25, 0.3) is 0 Å². The third-order valence-electron chi connectivity index (χ3n) is 2.10. The molecule has 0 spiro atoms.